The number of fused-ring (bicyclic) bond motifs is 3. The fraction of sp³-hybridized carbons (Fsp3) is 0.321. The summed E-state index contributed by atoms with van der Waals surface area (Å²) in [5.74, 6) is 0.967. The highest BCUT2D eigenvalue weighted by Gasteiger charge is 2.67. The highest BCUT2D eigenvalue weighted by atomic mass is 19.1. The maximum absolute atomic E-state index is 14.9. The molecule has 0 unspecified atom stereocenters. The van der Waals surface area contributed by atoms with E-state index in [9.17, 15) is 9.18 Å². The van der Waals surface area contributed by atoms with Crippen LogP contribution in [0.2, 0.25) is 0 Å². The molecule has 0 radical (unpaired) electrons. The van der Waals surface area contributed by atoms with Crippen LogP contribution in [0.15, 0.2) is 54.9 Å². The van der Waals surface area contributed by atoms with Crippen LogP contribution in [0.1, 0.15) is 18.9 Å². The zero-order valence-electron chi connectivity index (χ0n) is 21.1. The lowest BCUT2D eigenvalue weighted by Crippen LogP contribution is -2.35. The highest BCUT2D eigenvalue weighted by Crippen LogP contribution is 2.63. The van der Waals surface area contributed by atoms with Crippen molar-refractivity contribution in [1.29, 1.82) is 0 Å². The summed E-state index contributed by atoms with van der Waals surface area (Å²) in [7, 11) is 1.90. The Hall–Kier alpha value is -4.34. The standard InChI is InChI=1S/C28H27FN8O/c1-16(38)31-15-28(20-5-3-4-6-22(20)29)19-9-10-37(14-21(19)28)24-12-30-26-25(33-34-27(26)32-24)17-7-8-23-18(11-17)13-36(2)35-23/h3-8,11-13,19,21H,9-10,14-15H2,1-2H3,(H,31,38)(H,32,33,34)/t19-,21+,28-/m1/s1. The molecule has 2 N–H and O–H groups in total. The summed E-state index contributed by atoms with van der Waals surface area (Å²) in [5.41, 5.74) is 4.25. The predicted octanol–water partition coefficient (Wildman–Crippen LogP) is 3.58. The smallest absolute Gasteiger partial charge is 0.216 e. The quantitative estimate of drug-likeness (QED) is 0.375. The number of benzene rings is 2. The number of hydrogen-bond acceptors (Lipinski definition) is 6. The molecule has 1 aliphatic carbocycles. The lowest BCUT2D eigenvalue weighted by molar-refractivity contribution is -0.119. The summed E-state index contributed by atoms with van der Waals surface area (Å²) >= 11 is 0. The van der Waals surface area contributed by atoms with E-state index in [1.54, 1.807) is 16.9 Å². The number of nitrogens with zero attached hydrogens (tertiary/aromatic N) is 6. The van der Waals surface area contributed by atoms with Crippen molar-refractivity contribution in [3.63, 3.8) is 0 Å². The van der Waals surface area contributed by atoms with Gasteiger partial charge in [0, 0.05) is 56.2 Å². The summed E-state index contributed by atoms with van der Waals surface area (Å²) in [4.78, 5) is 23.6. The molecule has 192 valence electrons. The number of carbonyl (C=O) groups is 1. The Balaban J connectivity index is 1.17. The number of piperidine rings is 1. The molecule has 1 saturated carbocycles. The van der Waals surface area contributed by atoms with E-state index < -0.39 is 5.41 Å². The van der Waals surface area contributed by atoms with E-state index in [-0.39, 0.29) is 17.6 Å². The first-order valence-corrected chi connectivity index (χ1v) is 12.8. The second kappa shape index (κ2) is 8.34. The Labute approximate surface area is 218 Å². The van der Waals surface area contributed by atoms with E-state index in [1.165, 1.54) is 13.0 Å². The number of halogens is 1. The van der Waals surface area contributed by atoms with Crippen molar-refractivity contribution >= 4 is 33.8 Å². The first kappa shape index (κ1) is 22.8. The molecule has 3 atom stereocenters. The predicted molar refractivity (Wildman–Crippen MR) is 142 cm³/mol. The van der Waals surface area contributed by atoms with Crippen LogP contribution in [0, 0.1) is 17.7 Å². The van der Waals surface area contributed by atoms with Gasteiger partial charge in [-0.05, 0) is 42.0 Å². The van der Waals surface area contributed by atoms with Gasteiger partial charge in [-0.15, -0.1) is 0 Å². The fourth-order valence-electron chi connectivity index (χ4n) is 6.49. The molecule has 2 fully saturated rings. The van der Waals surface area contributed by atoms with Crippen molar-refractivity contribution < 1.29 is 9.18 Å². The van der Waals surface area contributed by atoms with Crippen molar-refractivity contribution in [1.82, 2.24) is 35.3 Å². The number of hydrogen-bond donors (Lipinski definition) is 2. The second-order valence-corrected chi connectivity index (χ2v) is 10.5. The van der Waals surface area contributed by atoms with Crippen molar-refractivity contribution in [2.45, 2.75) is 18.8 Å². The van der Waals surface area contributed by atoms with E-state index in [2.05, 4.69) is 31.6 Å². The molecular formula is C28H27FN8O. The zero-order chi connectivity index (χ0) is 26.0. The number of amides is 1. The summed E-state index contributed by atoms with van der Waals surface area (Å²) in [6.45, 7) is 3.45. The number of aromatic nitrogens is 6. The molecule has 38 heavy (non-hydrogen) atoms. The average Bonchev–Trinajstić information content (AvgIpc) is 3.16. The maximum atomic E-state index is 14.9. The van der Waals surface area contributed by atoms with E-state index >= 15 is 0 Å². The monoisotopic (exact) mass is 510 g/mol. The first-order chi connectivity index (χ1) is 18.4. The molecule has 7 rings (SSSR count). The van der Waals surface area contributed by atoms with Crippen LogP contribution >= 0.6 is 0 Å². The Bertz CT molecular complexity index is 1710. The Morgan fingerprint density at radius 2 is 2.11 bits per heavy atom. The number of aryl methyl sites for hydroxylation is 1. The lowest BCUT2D eigenvalue weighted by Gasteiger charge is -2.27. The van der Waals surface area contributed by atoms with Crippen molar-refractivity contribution in [3.05, 3.63) is 66.2 Å². The van der Waals surface area contributed by atoms with E-state index in [4.69, 9.17) is 9.97 Å². The summed E-state index contributed by atoms with van der Waals surface area (Å²) in [5, 5.41) is 16.0. The Morgan fingerprint density at radius 3 is 2.95 bits per heavy atom. The molecule has 9 nitrogen and oxygen atoms in total. The van der Waals surface area contributed by atoms with Gasteiger partial charge in [-0.3, -0.25) is 14.6 Å². The highest BCUT2D eigenvalue weighted by molar-refractivity contribution is 5.92. The van der Waals surface area contributed by atoms with Gasteiger partial charge >= 0.3 is 0 Å². The number of anilines is 1. The van der Waals surface area contributed by atoms with Gasteiger partial charge < -0.3 is 10.2 Å². The van der Waals surface area contributed by atoms with E-state index in [0.717, 1.165) is 47.5 Å². The van der Waals surface area contributed by atoms with E-state index in [0.29, 0.717) is 29.2 Å². The van der Waals surface area contributed by atoms with E-state index in [1.807, 2.05) is 37.5 Å². The molecule has 3 aromatic heterocycles. The second-order valence-electron chi connectivity index (χ2n) is 10.5. The molecule has 0 spiro atoms. The lowest BCUT2D eigenvalue weighted by atomic mass is 9.90. The minimum absolute atomic E-state index is 0.102. The number of carbonyl (C=O) groups excluding carboxylic acids is 1. The molecule has 2 aliphatic rings. The minimum atomic E-state index is -0.407. The molecule has 1 amide bonds. The van der Waals surface area contributed by atoms with Gasteiger partial charge in [0.2, 0.25) is 5.91 Å². The minimum Gasteiger partial charge on any atom is -0.355 e. The number of nitrogens with one attached hydrogen (secondary N) is 2. The van der Waals surface area contributed by atoms with Crippen LogP contribution < -0.4 is 10.2 Å². The van der Waals surface area contributed by atoms with Crippen LogP contribution in [-0.2, 0) is 17.3 Å². The summed E-state index contributed by atoms with van der Waals surface area (Å²) in [6.07, 6.45) is 4.66. The third-order valence-corrected chi connectivity index (χ3v) is 8.31. The van der Waals surface area contributed by atoms with Gasteiger partial charge in [0.15, 0.2) is 5.65 Å². The molecular weight excluding hydrogens is 483 g/mol. The van der Waals surface area contributed by atoms with Gasteiger partial charge in [0.25, 0.3) is 0 Å². The van der Waals surface area contributed by atoms with Gasteiger partial charge in [0.05, 0.1) is 11.7 Å². The molecule has 1 saturated heterocycles. The van der Waals surface area contributed by atoms with Gasteiger partial charge in [-0.2, -0.15) is 10.2 Å². The van der Waals surface area contributed by atoms with Crippen molar-refractivity contribution in [2.75, 3.05) is 24.5 Å². The molecule has 10 heteroatoms. The molecule has 4 heterocycles. The normalized spacial score (nSPS) is 22.6. The van der Waals surface area contributed by atoms with Gasteiger partial charge in [-0.25, -0.2) is 14.4 Å². The summed E-state index contributed by atoms with van der Waals surface area (Å²) < 4.78 is 16.7. The number of aromatic amines is 1. The maximum Gasteiger partial charge on any atom is 0.216 e. The average molecular weight is 511 g/mol. The van der Waals surface area contributed by atoms with Crippen molar-refractivity contribution in [2.24, 2.45) is 18.9 Å². The molecule has 5 aromatic rings. The van der Waals surface area contributed by atoms with Crippen LogP contribution in [-0.4, -0.2) is 55.5 Å². The van der Waals surface area contributed by atoms with Crippen LogP contribution in [0.4, 0.5) is 10.2 Å². The SMILES string of the molecule is CC(=O)NC[C@]1(c2ccccc2F)[C@@H]2CCN(c3cnc4c(-c5ccc6nn(C)cc6c5)n[nH]c4n3)C[C@@H]21. The largest absolute Gasteiger partial charge is 0.355 e. The van der Waals surface area contributed by atoms with Crippen LogP contribution in [0.25, 0.3) is 33.3 Å². The first-order valence-electron chi connectivity index (χ1n) is 12.8. The number of rotatable bonds is 5. The third-order valence-electron chi connectivity index (χ3n) is 8.31. The summed E-state index contributed by atoms with van der Waals surface area (Å²) in [6, 6.07) is 13.0. The van der Waals surface area contributed by atoms with Crippen molar-refractivity contribution in [3.8, 4) is 11.3 Å². The molecule has 0 bridgehead atoms. The topological polar surface area (TPSA) is 105 Å². The molecule has 2 aromatic carbocycles. The fourth-order valence-corrected chi connectivity index (χ4v) is 6.49. The third kappa shape index (κ3) is 3.47. The van der Waals surface area contributed by atoms with Crippen LogP contribution in [0.5, 0.6) is 0 Å². The van der Waals surface area contributed by atoms with Crippen LogP contribution in [0.3, 0.4) is 0 Å². The van der Waals surface area contributed by atoms with Gasteiger partial charge in [0.1, 0.15) is 22.8 Å². The molecule has 1 aliphatic heterocycles. The Morgan fingerprint density at radius 1 is 1.24 bits per heavy atom. The Kier molecular flexibility index (Phi) is 5.01. The zero-order valence-corrected chi connectivity index (χ0v) is 21.1. The number of H-pyrrole nitrogens is 1. The van der Waals surface area contributed by atoms with Gasteiger partial charge in [-0.1, -0.05) is 24.3 Å².